The average molecular weight is 190 g/mol. The maximum Gasteiger partial charge on any atom is 0.430 e. The molecule has 0 spiro atoms. The van der Waals surface area contributed by atoms with Gasteiger partial charge in [-0.05, 0) is 11.3 Å². The number of rotatable bonds is 2. The van der Waals surface area contributed by atoms with Crippen LogP contribution in [0.25, 0.3) is 11.8 Å². The molecule has 0 aromatic heterocycles. The summed E-state index contributed by atoms with van der Waals surface area (Å²) in [6, 6.07) is 7.82. The first-order valence-electron chi connectivity index (χ1n) is 4.27. The zero-order chi connectivity index (χ0) is 9.97. The van der Waals surface area contributed by atoms with Gasteiger partial charge in [0.25, 0.3) is 0 Å². The normalized spacial score (nSPS) is 12.2. The molecule has 0 radical (unpaired) electrons. The summed E-state index contributed by atoms with van der Waals surface area (Å²) in [6.45, 7) is 0. The summed E-state index contributed by atoms with van der Waals surface area (Å²) in [5.41, 5.74) is 3.10. The van der Waals surface area contributed by atoms with Crippen LogP contribution in [0.5, 0.6) is 0 Å². The molecule has 72 valence electrons. The van der Waals surface area contributed by atoms with Crippen LogP contribution in [-0.4, -0.2) is 13.1 Å². The fourth-order valence-electron chi connectivity index (χ4n) is 1.36. The van der Waals surface area contributed by atoms with Gasteiger partial charge in [0.1, 0.15) is 0 Å². The van der Waals surface area contributed by atoms with Crippen LogP contribution in [-0.2, 0) is 4.84 Å². The van der Waals surface area contributed by atoms with Crippen LogP contribution in [0.15, 0.2) is 24.3 Å². The molecular weight excluding hydrogens is 180 g/mol. The number of carbonyl (C=O) groups excluding carboxylic acids is 1. The van der Waals surface area contributed by atoms with Gasteiger partial charge in [0.15, 0.2) is 0 Å². The van der Waals surface area contributed by atoms with Gasteiger partial charge >= 0.3 is 6.09 Å². The third kappa shape index (κ3) is 1.47. The van der Waals surface area contributed by atoms with Crippen molar-refractivity contribution in [3.8, 4) is 0 Å². The molecule has 14 heavy (non-hydrogen) atoms. The van der Waals surface area contributed by atoms with Gasteiger partial charge < -0.3 is 4.84 Å². The van der Waals surface area contributed by atoms with E-state index in [0.29, 0.717) is 0 Å². The van der Waals surface area contributed by atoms with Crippen LogP contribution < -0.4 is 21.2 Å². The summed E-state index contributed by atoms with van der Waals surface area (Å²) in [5.74, 6) is 0. The molecule has 0 saturated carbocycles. The molecule has 0 heterocycles. The van der Waals surface area contributed by atoms with Gasteiger partial charge in [0, 0.05) is 12.3 Å². The summed E-state index contributed by atoms with van der Waals surface area (Å²) in [4.78, 5) is 15.5. The van der Waals surface area contributed by atoms with Crippen LogP contribution in [0.2, 0.25) is 0 Å². The monoisotopic (exact) mass is 190 g/mol. The third-order valence-electron chi connectivity index (χ3n) is 1.98. The van der Waals surface area contributed by atoms with Gasteiger partial charge in [-0.2, -0.15) is 5.48 Å². The van der Waals surface area contributed by atoms with Crippen molar-refractivity contribution in [2.24, 2.45) is 0 Å². The first-order valence-corrected chi connectivity index (χ1v) is 4.27. The van der Waals surface area contributed by atoms with E-state index in [0.717, 1.165) is 16.1 Å². The minimum Gasteiger partial charge on any atom is -0.354 e. The Morgan fingerprint density at radius 3 is 2.86 bits per heavy atom. The molecule has 0 atom stereocenters. The zero-order valence-corrected chi connectivity index (χ0v) is 7.70. The number of hydrogen-bond donors (Lipinski definition) is 2. The molecule has 4 heteroatoms. The Kier molecular flexibility index (Phi) is 2.20. The quantitative estimate of drug-likeness (QED) is 0.615. The topological polar surface area (TPSA) is 50.4 Å². The smallest absolute Gasteiger partial charge is 0.354 e. The largest absolute Gasteiger partial charge is 0.430 e. The third-order valence-corrected chi connectivity index (χ3v) is 1.98. The lowest BCUT2D eigenvalue weighted by atomic mass is 10.1. The van der Waals surface area contributed by atoms with Crippen LogP contribution in [0.4, 0.5) is 4.79 Å². The molecule has 4 nitrogen and oxygen atoms in total. The summed E-state index contributed by atoms with van der Waals surface area (Å²) in [5, 5.41) is 4.78. The van der Waals surface area contributed by atoms with Crippen molar-refractivity contribution in [1.29, 1.82) is 0 Å². The lowest BCUT2D eigenvalue weighted by molar-refractivity contribution is 0.107. The van der Waals surface area contributed by atoms with Gasteiger partial charge in [-0.1, -0.05) is 24.3 Å². The van der Waals surface area contributed by atoms with E-state index < -0.39 is 6.09 Å². The maximum absolute atomic E-state index is 11.0. The van der Waals surface area contributed by atoms with Crippen molar-refractivity contribution in [3.05, 3.63) is 34.7 Å². The van der Waals surface area contributed by atoms with E-state index in [9.17, 15) is 4.79 Å². The van der Waals surface area contributed by atoms with Gasteiger partial charge in [-0.3, -0.25) is 5.32 Å². The number of nitrogens with one attached hydrogen (secondary N) is 2. The van der Waals surface area contributed by atoms with E-state index in [1.54, 1.807) is 0 Å². The van der Waals surface area contributed by atoms with Crippen LogP contribution in [0.3, 0.4) is 0 Å². The number of amides is 1. The zero-order valence-electron chi connectivity index (χ0n) is 7.70. The summed E-state index contributed by atoms with van der Waals surface area (Å²) >= 11 is 0. The summed E-state index contributed by atoms with van der Waals surface area (Å²) < 4.78 is 0. The van der Waals surface area contributed by atoms with Crippen molar-refractivity contribution in [2.75, 3.05) is 7.05 Å². The summed E-state index contributed by atoms with van der Waals surface area (Å²) in [6.07, 6.45) is 1.39. The van der Waals surface area contributed by atoms with E-state index in [4.69, 9.17) is 0 Å². The maximum atomic E-state index is 11.0. The van der Waals surface area contributed by atoms with E-state index >= 15 is 0 Å². The number of hydrogen-bond acceptors (Lipinski definition) is 3. The van der Waals surface area contributed by atoms with Gasteiger partial charge in [0.2, 0.25) is 0 Å². The van der Waals surface area contributed by atoms with Gasteiger partial charge in [0.05, 0.1) is 5.70 Å². The van der Waals surface area contributed by atoms with Crippen LogP contribution >= 0.6 is 0 Å². The van der Waals surface area contributed by atoms with E-state index in [2.05, 4.69) is 15.6 Å². The minimum absolute atomic E-state index is 0.506. The van der Waals surface area contributed by atoms with E-state index in [1.807, 2.05) is 30.3 Å². The molecule has 1 aliphatic rings. The van der Waals surface area contributed by atoms with Crippen LogP contribution in [0, 0.1) is 0 Å². The van der Waals surface area contributed by atoms with Gasteiger partial charge in [-0.15, -0.1) is 0 Å². The predicted octanol–water partition coefficient (Wildman–Crippen LogP) is -0.551. The Morgan fingerprint density at radius 2 is 2.14 bits per heavy atom. The highest BCUT2D eigenvalue weighted by atomic mass is 16.7. The lowest BCUT2D eigenvalue weighted by Gasteiger charge is -2.11. The molecule has 0 saturated heterocycles. The molecule has 1 aromatic rings. The van der Waals surface area contributed by atoms with Crippen molar-refractivity contribution >= 4 is 17.9 Å². The Bertz CT molecular complexity index is 479. The minimum atomic E-state index is -0.506. The summed E-state index contributed by atoms with van der Waals surface area (Å²) in [7, 11) is 1.53. The molecular formula is C10H10N2O2. The Morgan fingerprint density at radius 1 is 1.36 bits per heavy atom. The lowest BCUT2D eigenvalue weighted by Crippen LogP contribution is -2.41. The van der Waals surface area contributed by atoms with Gasteiger partial charge in [-0.25, -0.2) is 4.79 Å². The van der Waals surface area contributed by atoms with Crippen molar-refractivity contribution in [3.63, 3.8) is 0 Å². The van der Waals surface area contributed by atoms with Crippen molar-refractivity contribution < 1.29 is 9.63 Å². The second kappa shape index (κ2) is 3.51. The number of hydroxylamine groups is 1. The second-order valence-electron chi connectivity index (χ2n) is 2.86. The highest BCUT2D eigenvalue weighted by Crippen LogP contribution is 1.95. The molecule has 2 N–H and O–H groups in total. The van der Waals surface area contributed by atoms with E-state index in [-0.39, 0.29) is 0 Å². The highest BCUT2D eigenvalue weighted by Gasteiger charge is 2.08. The molecule has 0 bridgehead atoms. The first kappa shape index (κ1) is 8.77. The fourth-order valence-corrected chi connectivity index (χ4v) is 1.36. The van der Waals surface area contributed by atoms with Crippen LogP contribution in [0.1, 0.15) is 0 Å². The number of carbonyl (C=O) groups is 1. The van der Waals surface area contributed by atoms with E-state index in [1.165, 1.54) is 7.05 Å². The van der Waals surface area contributed by atoms with Crippen molar-refractivity contribution in [1.82, 2.24) is 10.8 Å². The molecule has 1 aliphatic carbocycles. The Hall–Kier alpha value is -1.81. The molecule has 1 aromatic carbocycles. The predicted molar refractivity (Wildman–Crippen MR) is 52.2 cm³/mol. The Balaban J connectivity index is 2.16. The molecule has 1 amide bonds. The van der Waals surface area contributed by atoms with Crippen molar-refractivity contribution in [2.45, 2.75) is 0 Å². The first-order chi connectivity index (χ1) is 6.81. The SMILES string of the molecule is CNOC(=O)NC1=c2ccccc2=C1. The standard InChI is InChI=1S/C10H10N2O2/c1-11-14-10(13)12-9-6-7-4-2-3-5-8(7)9/h2-6,11H,1H3,(H,12,13). The highest BCUT2D eigenvalue weighted by molar-refractivity contribution is 5.90. The fraction of sp³-hybridized carbons (Fsp3) is 0.100. The molecule has 0 unspecified atom stereocenters. The molecule has 0 fully saturated rings. The number of fused-ring (bicyclic) bond motifs is 1. The molecule has 2 rings (SSSR count). The molecule has 0 aliphatic heterocycles. The Labute approximate surface area is 80.8 Å². The second-order valence-corrected chi connectivity index (χ2v) is 2.86. The average Bonchev–Trinajstić information content (AvgIpc) is 2.15. The number of benzene rings is 1.